The lowest BCUT2D eigenvalue weighted by molar-refractivity contribution is -0.161. The summed E-state index contributed by atoms with van der Waals surface area (Å²) in [5, 5.41) is 0. The Balaban J connectivity index is 3.25. The number of rotatable bonds is 8. The van der Waals surface area contributed by atoms with Crippen LogP contribution in [0.2, 0.25) is 0 Å². The van der Waals surface area contributed by atoms with Crippen molar-refractivity contribution >= 4 is 17.6 Å². The first-order valence-corrected chi connectivity index (χ1v) is 8.78. The third-order valence-electron chi connectivity index (χ3n) is 3.58. The van der Waals surface area contributed by atoms with Crippen molar-refractivity contribution < 1.29 is 19.1 Å². The highest BCUT2D eigenvalue weighted by Gasteiger charge is 2.19. The zero-order valence-corrected chi connectivity index (χ0v) is 15.5. The molecule has 25 heavy (non-hydrogen) atoms. The molecule has 0 atom stereocenters. The van der Waals surface area contributed by atoms with E-state index in [0.717, 1.165) is 37.2 Å². The molecular weight excluding hydrogens is 322 g/mol. The van der Waals surface area contributed by atoms with E-state index in [-0.39, 0.29) is 12.4 Å². The number of hydrogen-bond donors (Lipinski definition) is 0. The third kappa shape index (κ3) is 6.21. The minimum atomic E-state index is -1.19. The summed E-state index contributed by atoms with van der Waals surface area (Å²) in [7, 11) is 0. The second kappa shape index (κ2) is 10.5. The first kappa shape index (κ1) is 20.7. The molecule has 0 N–H and O–H groups in total. The molecule has 6 heteroatoms. The fraction of sp³-hybridized carbons (Fsp3) is 0.526. The molecule has 6 nitrogen and oxygen atoms in total. The van der Waals surface area contributed by atoms with Crippen molar-refractivity contribution in [3.63, 3.8) is 0 Å². The zero-order chi connectivity index (χ0) is 18.8. The molecule has 0 unspecified atom stereocenters. The largest absolute Gasteiger partial charge is 0.458 e. The SMILES string of the molecule is CCCN(CCC)c1cc(CC)cc(OC(=O)C(=O)OCC)c(=O)c1. The van der Waals surface area contributed by atoms with Gasteiger partial charge in [-0.1, -0.05) is 20.8 Å². The van der Waals surface area contributed by atoms with Gasteiger partial charge in [-0.05, 0) is 43.9 Å². The van der Waals surface area contributed by atoms with Crippen LogP contribution in [0.4, 0.5) is 5.69 Å². The summed E-state index contributed by atoms with van der Waals surface area (Å²) >= 11 is 0. The number of carbonyl (C=O) groups excluding carboxylic acids is 2. The van der Waals surface area contributed by atoms with Gasteiger partial charge in [0.2, 0.25) is 5.43 Å². The predicted octanol–water partition coefficient (Wildman–Crippen LogP) is 2.70. The molecule has 0 aromatic heterocycles. The van der Waals surface area contributed by atoms with Crippen LogP contribution in [-0.2, 0) is 20.7 Å². The highest BCUT2D eigenvalue weighted by atomic mass is 16.6. The standard InChI is InChI=1S/C19H27NO5/c1-5-9-20(10-6-2)15-11-14(7-3)12-17(16(21)13-15)25-19(23)18(22)24-8-4/h11-13H,5-10H2,1-4H3. The second-order valence-electron chi connectivity index (χ2n) is 5.61. The predicted molar refractivity (Wildman–Crippen MR) is 97.2 cm³/mol. The van der Waals surface area contributed by atoms with Gasteiger partial charge in [0.05, 0.1) is 6.61 Å². The Morgan fingerprint density at radius 3 is 2.12 bits per heavy atom. The summed E-state index contributed by atoms with van der Waals surface area (Å²) < 4.78 is 9.57. The molecule has 0 fully saturated rings. The highest BCUT2D eigenvalue weighted by molar-refractivity contribution is 6.30. The minimum Gasteiger partial charge on any atom is -0.458 e. The Morgan fingerprint density at radius 2 is 1.60 bits per heavy atom. The van der Waals surface area contributed by atoms with Crippen molar-refractivity contribution in [3.05, 3.63) is 34.0 Å². The van der Waals surface area contributed by atoms with Crippen LogP contribution in [0, 0.1) is 0 Å². The van der Waals surface area contributed by atoms with Gasteiger partial charge in [-0.3, -0.25) is 4.79 Å². The minimum absolute atomic E-state index is 0.0636. The molecule has 1 aromatic carbocycles. The van der Waals surface area contributed by atoms with E-state index < -0.39 is 17.4 Å². The molecule has 0 aliphatic carbocycles. The first-order valence-electron chi connectivity index (χ1n) is 8.78. The molecule has 0 aliphatic rings. The summed E-state index contributed by atoms with van der Waals surface area (Å²) in [6.07, 6.45) is 2.58. The molecule has 138 valence electrons. The smallest absolute Gasteiger partial charge is 0.422 e. The lowest BCUT2D eigenvalue weighted by atomic mass is 10.2. The van der Waals surface area contributed by atoms with Gasteiger partial charge < -0.3 is 14.4 Å². The summed E-state index contributed by atoms with van der Waals surface area (Å²) in [5.41, 5.74) is 1.20. The molecule has 1 aromatic rings. The van der Waals surface area contributed by atoms with E-state index in [2.05, 4.69) is 23.5 Å². The van der Waals surface area contributed by atoms with Crippen LogP contribution in [0.15, 0.2) is 23.0 Å². The molecule has 0 heterocycles. The molecule has 1 rings (SSSR count). The first-order chi connectivity index (χ1) is 12.0. The van der Waals surface area contributed by atoms with Crippen LogP contribution >= 0.6 is 0 Å². The van der Waals surface area contributed by atoms with Crippen molar-refractivity contribution in [1.82, 2.24) is 0 Å². The summed E-state index contributed by atoms with van der Waals surface area (Å²) in [6.45, 7) is 9.42. The van der Waals surface area contributed by atoms with Crippen LogP contribution in [0.5, 0.6) is 5.75 Å². The number of nitrogens with zero attached hydrogens (tertiary/aromatic N) is 1. The fourth-order valence-corrected chi connectivity index (χ4v) is 2.43. The molecule has 0 saturated heterocycles. The van der Waals surface area contributed by atoms with E-state index in [1.807, 2.05) is 13.0 Å². The number of esters is 2. The van der Waals surface area contributed by atoms with Crippen molar-refractivity contribution in [2.45, 2.75) is 47.0 Å². The molecule has 0 spiro atoms. The lowest BCUT2D eigenvalue weighted by Crippen LogP contribution is -2.26. The number of carbonyl (C=O) groups is 2. The number of hydrogen-bond acceptors (Lipinski definition) is 6. The third-order valence-corrected chi connectivity index (χ3v) is 3.58. The van der Waals surface area contributed by atoms with Crippen LogP contribution in [0.3, 0.4) is 0 Å². The number of ether oxygens (including phenoxy) is 2. The van der Waals surface area contributed by atoms with Crippen LogP contribution < -0.4 is 15.1 Å². The van der Waals surface area contributed by atoms with Gasteiger partial charge in [0.1, 0.15) is 0 Å². The summed E-state index contributed by atoms with van der Waals surface area (Å²) in [6, 6.07) is 4.89. The Hall–Kier alpha value is -2.37. The van der Waals surface area contributed by atoms with Gasteiger partial charge in [0.15, 0.2) is 5.75 Å². The average Bonchev–Trinajstić information content (AvgIpc) is 2.74. The molecule has 0 radical (unpaired) electrons. The molecule has 0 saturated carbocycles. The van der Waals surface area contributed by atoms with Gasteiger partial charge in [0.25, 0.3) is 0 Å². The molecule has 0 bridgehead atoms. The van der Waals surface area contributed by atoms with Gasteiger partial charge in [-0.2, -0.15) is 0 Å². The fourth-order valence-electron chi connectivity index (χ4n) is 2.43. The maximum absolute atomic E-state index is 12.5. The molecule has 0 amide bonds. The average molecular weight is 349 g/mol. The lowest BCUT2D eigenvalue weighted by Gasteiger charge is -2.23. The normalized spacial score (nSPS) is 10.2. The van der Waals surface area contributed by atoms with Crippen LogP contribution in [0.25, 0.3) is 0 Å². The van der Waals surface area contributed by atoms with Gasteiger partial charge in [0, 0.05) is 24.8 Å². The monoisotopic (exact) mass is 349 g/mol. The Kier molecular flexibility index (Phi) is 8.67. The Morgan fingerprint density at radius 1 is 0.960 bits per heavy atom. The zero-order valence-electron chi connectivity index (χ0n) is 15.5. The van der Waals surface area contributed by atoms with Gasteiger partial charge in [-0.15, -0.1) is 0 Å². The Labute approximate surface area is 148 Å². The van der Waals surface area contributed by atoms with E-state index in [9.17, 15) is 14.4 Å². The van der Waals surface area contributed by atoms with Gasteiger partial charge in [-0.25, -0.2) is 9.59 Å². The second-order valence-corrected chi connectivity index (χ2v) is 5.61. The van der Waals surface area contributed by atoms with Crippen molar-refractivity contribution in [3.8, 4) is 5.75 Å². The van der Waals surface area contributed by atoms with E-state index in [4.69, 9.17) is 4.74 Å². The van der Waals surface area contributed by atoms with E-state index in [0.29, 0.717) is 6.42 Å². The molecule has 0 aliphatic heterocycles. The summed E-state index contributed by atoms with van der Waals surface area (Å²) in [5.74, 6) is -2.45. The highest BCUT2D eigenvalue weighted by Crippen LogP contribution is 2.18. The van der Waals surface area contributed by atoms with E-state index >= 15 is 0 Å². The summed E-state index contributed by atoms with van der Waals surface area (Å²) in [4.78, 5) is 37.8. The quantitative estimate of drug-likeness (QED) is 0.531. The Bertz CT molecular complexity index is 651. The topological polar surface area (TPSA) is 72.9 Å². The maximum Gasteiger partial charge on any atom is 0.422 e. The van der Waals surface area contributed by atoms with E-state index in [1.165, 1.54) is 12.1 Å². The van der Waals surface area contributed by atoms with Gasteiger partial charge >= 0.3 is 11.9 Å². The van der Waals surface area contributed by atoms with Crippen molar-refractivity contribution in [2.24, 2.45) is 0 Å². The van der Waals surface area contributed by atoms with E-state index in [1.54, 1.807) is 6.92 Å². The van der Waals surface area contributed by atoms with Crippen LogP contribution in [-0.4, -0.2) is 31.6 Å². The molecular formula is C19H27NO5. The van der Waals surface area contributed by atoms with Crippen LogP contribution in [0.1, 0.15) is 46.1 Å². The van der Waals surface area contributed by atoms with Crippen molar-refractivity contribution in [1.29, 1.82) is 0 Å². The number of aryl methyl sites for hydroxylation is 1. The van der Waals surface area contributed by atoms with Crippen molar-refractivity contribution in [2.75, 3.05) is 24.6 Å². The maximum atomic E-state index is 12.5. The number of anilines is 1.